The number of hydrogen-bond donors (Lipinski definition) is 0. The van der Waals surface area contributed by atoms with Crippen molar-refractivity contribution in [1.29, 1.82) is 0 Å². The number of carboxylic acids is 1. The van der Waals surface area contributed by atoms with E-state index in [2.05, 4.69) is 0 Å². The Labute approximate surface area is 168 Å². The number of carbonyl (C=O) groups excluding carboxylic acids is 2. The summed E-state index contributed by atoms with van der Waals surface area (Å²) in [7, 11) is 0. The van der Waals surface area contributed by atoms with E-state index in [9.17, 15) is 19.5 Å². The second-order valence-electron chi connectivity index (χ2n) is 7.88. The number of fused-ring (bicyclic) bond motifs is 3. The van der Waals surface area contributed by atoms with Gasteiger partial charge in [-0.05, 0) is 63.1 Å². The highest BCUT2D eigenvalue weighted by Crippen LogP contribution is 2.32. The molecule has 1 amide bonds. The van der Waals surface area contributed by atoms with Crippen molar-refractivity contribution in [2.75, 3.05) is 19.7 Å². The Morgan fingerprint density at radius 2 is 1.86 bits per heavy atom. The molecule has 29 heavy (non-hydrogen) atoms. The van der Waals surface area contributed by atoms with E-state index in [-0.39, 0.29) is 18.1 Å². The summed E-state index contributed by atoms with van der Waals surface area (Å²) < 4.78 is 11.3. The highest BCUT2D eigenvalue weighted by Gasteiger charge is 2.24. The fourth-order valence-corrected chi connectivity index (χ4v) is 4.38. The number of nitrogens with zero attached hydrogens (tertiary/aromatic N) is 1. The molecule has 1 aromatic heterocycles. The van der Waals surface area contributed by atoms with E-state index in [0.717, 1.165) is 42.2 Å². The summed E-state index contributed by atoms with van der Waals surface area (Å²) in [6.45, 7) is 2.46. The van der Waals surface area contributed by atoms with Crippen molar-refractivity contribution in [2.45, 2.75) is 45.4 Å². The molecule has 0 atom stereocenters. The number of rotatable bonds is 4. The zero-order valence-electron chi connectivity index (χ0n) is 16.5. The molecule has 7 heteroatoms. The summed E-state index contributed by atoms with van der Waals surface area (Å²) in [6.07, 6.45) is 4.50. The molecule has 7 nitrogen and oxygen atoms in total. The molecule has 0 unspecified atom stereocenters. The van der Waals surface area contributed by atoms with Crippen molar-refractivity contribution in [3.8, 4) is 5.75 Å². The fraction of sp³-hybridized carbons (Fsp3) is 0.500. The minimum absolute atomic E-state index is 0.141. The first-order chi connectivity index (χ1) is 14.0. The van der Waals surface area contributed by atoms with Crippen LogP contribution in [0.1, 0.15) is 42.4 Å². The van der Waals surface area contributed by atoms with Crippen LogP contribution in [0.25, 0.3) is 11.0 Å². The third-order valence-electron chi connectivity index (χ3n) is 6.12. The maximum atomic E-state index is 12.4. The lowest BCUT2D eigenvalue weighted by Gasteiger charge is -2.32. The standard InChI is InChI=1S/C22H25NO6/c1-13-18(28-12-19(24)23-10-8-14(9-11-23)21(25)26)7-6-16-15-4-2-3-5-17(15)22(27)29-20(13)16/h6-7,14H,2-5,8-12H2,1H3,(H,25,26)/p-1. The van der Waals surface area contributed by atoms with Crippen LogP contribution >= 0.6 is 0 Å². The van der Waals surface area contributed by atoms with Crippen molar-refractivity contribution >= 4 is 22.8 Å². The lowest BCUT2D eigenvalue weighted by molar-refractivity contribution is -0.312. The van der Waals surface area contributed by atoms with E-state index in [1.54, 1.807) is 4.90 Å². The number of benzene rings is 1. The highest BCUT2D eigenvalue weighted by molar-refractivity contribution is 5.86. The van der Waals surface area contributed by atoms with Crippen LogP contribution in [0, 0.1) is 12.8 Å². The van der Waals surface area contributed by atoms with E-state index < -0.39 is 11.9 Å². The van der Waals surface area contributed by atoms with Crippen LogP contribution in [-0.4, -0.2) is 36.5 Å². The first kappa shape index (κ1) is 19.5. The largest absolute Gasteiger partial charge is 0.550 e. The Kier molecular flexibility index (Phi) is 5.30. The van der Waals surface area contributed by atoms with Gasteiger partial charge in [0.05, 0.1) is 0 Å². The predicted molar refractivity (Wildman–Crippen MR) is 104 cm³/mol. The van der Waals surface area contributed by atoms with E-state index in [4.69, 9.17) is 9.15 Å². The van der Waals surface area contributed by atoms with Crippen LogP contribution in [0.2, 0.25) is 0 Å². The number of ether oxygens (including phenoxy) is 1. The van der Waals surface area contributed by atoms with E-state index in [1.165, 1.54) is 0 Å². The van der Waals surface area contributed by atoms with Gasteiger partial charge in [0.2, 0.25) is 0 Å². The third-order valence-corrected chi connectivity index (χ3v) is 6.12. The van der Waals surface area contributed by atoms with Gasteiger partial charge in [0.1, 0.15) is 11.3 Å². The van der Waals surface area contributed by atoms with Crippen LogP contribution in [-0.2, 0) is 22.4 Å². The van der Waals surface area contributed by atoms with Gasteiger partial charge in [0.15, 0.2) is 6.61 Å². The minimum atomic E-state index is -1.05. The molecule has 1 fully saturated rings. The van der Waals surface area contributed by atoms with Gasteiger partial charge in [-0.1, -0.05) is 0 Å². The number of piperidine rings is 1. The maximum Gasteiger partial charge on any atom is 0.339 e. The number of aryl methyl sites for hydroxylation is 2. The number of likely N-dealkylation sites (tertiary alicyclic amines) is 1. The molecule has 0 spiro atoms. The van der Waals surface area contributed by atoms with E-state index in [0.29, 0.717) is 42.8 Å². The topological polar surface area (TPSA) is 99.9 Å². The van der Waals surface area contributed by atoms with Crippen LogP contribution < -0.4 is 15.5 Å². The van der Waals surface area contributed by atoms with Crippen molar-refractivity contribution < 1.29 is 23.8 Å². The summed E-state index contributed by atoms with van der Waals surface area (Å²) in [6, 6.07) is 3.72. The van der Waals surface area contributed by atoms with Crippen molar-refractivity contribution in [2.24, 2.45) is 5.92 Å². The van der Waals surface area contributed by atoms with E-state index in [1.807, 2.05) is 19.1 Å². The molecule has 0 saturated carbocycles. The number of amides is 1. The molecule has 154 valence electrons. The van der Waals surface area contributed by atoms with Gasteiger partial charge in [0, 0.05) is 41.5 Å². The molecule has 1 saturated heterocycles. The van der Waals surface area contributed by atoms with Gasteiger partial charge in [0.25, 0.3) is 5.91 Å². The van der Waals surface area contributed by atoms with Crippen molar-refractivity contribution in [1.82, 2.24) is 4.90 Å². The quantitative estimate of drug-likeness (QED) is 0.721. The van der Waals surface area contributed by atoms with Crippen molar-refractivity contribution in [3.05, 3.63) is 39.2 Å². The lowest BCUT2D eigenvalue weighted by atomic mass is 9.90. The Bertz CT molecular complexity index is 1020. The molecule has 1 aliphatic heterocycles. The first-order valence-electron chi connectivity index (χ1n) is 10.2. The zero-order chi connectivity index (χ0) is 20.5. The molecular formula is C22H24NO6-. The van der Waals surface area contributed by atoms with E-state index >= 15 is 0 Å². The van der Waals surface area contributed by atoms with Gasteiger partial charge in [-0.3, -0.25) is 4.79 Å². The van der Waals surface area contributed by atoms with Gasteiger partial charge in [-0.15, -0.1) is 0 Å². The van der Waals surface area contributed by atoms with Crippen LogP contribution in [0.4, 0.5) is 0 Å². The number of aliphatic carboxylic acids is 1. The summed E-state index contributed by atoms with van der Waals surface area (Å²) in [5.41, 5.74) is 2.81. The molecule has 2 heterocycles. The summed E-state index contributed by atoms with van der Waals surface area (Å²) in [4.78, 5) is 37.4. The lowest BCUT2D eigenvalue weighted by Crippen LogP contribution is -2.45. The second-order valence-corrected chi connectivity index (χ2v) is 7.88. The van der Waals surface area contributed by atoms with Gasteiger partial charge in [-0.2, -0.15) is 0 Å². The first-order valence-corrected chi connectivity index (χ1v) is 10.2. The molecule has 0 bridgehead atoms. The molecule has 2 aliphatic rings. The molecule has 0 radical (unpaired) electrons. The van der Waals surface area contributed by atoms with Crippen LogP contribution in [0.3, 0.4) is 0 Å². The number of carboxylic acid groups (broad SMARTS) is 1. The number of hydrogen-bond acceptors (Lipinski definition) is 6. The SMILES string of the molecule is Cc1c(OCC(=O)N2CCC(C(=O)[O-])CC2)ccc2c3c(c(=O)oc12)CCCC3. The molecule has 4 rings (SSSR count). The van der Waals surface area contributed by atoms with Gasteiger partial charge >= 0.3 is 5.63 Å². The van der Waals surface area contributed by atoms with Crippen LogP contribution in [0.15, 0.2) is 21.3 Å². The smallest absolute Gasteiger partial charge is 0.339 e. The normalized spacial score (nSPS) is 17.2. The monoisotopic (exact) mass is 398 g/mol. The predicted octanol–water partition coefficient (Wildman–Crippen LogP) is 1.35. The van der Waals surface area contributed by atoms with Gasteiger partial charge in [-0.25, -0.2) is 4.79 Å². The summed E-state index contributed by atoms with van der Waals surface area (Å²) in [5, 5.41) is 11.9. The Hall–Kier alpha value is -2.83. The second kappa shape index (κ2) is 7.89. The molecule has 1 aliphatic carbocycles. The zero-order valence-corrected chi connectivity index (χ0v) is 16.5. The Balaban J connectivity index is 1.49. The molecule has 2 aromatic rings. The average Bonchev–Trinajstić information content (AvgIpc) is 2.74. The molecular weight excluding hydrogens is 374 g/mol. The van der Waals surface area contributed by atoms with Crippen molar-refractivity contribution in [3.63, 3.8) is 0 Å². The maximum absolute atomic E-state index is 12.4. The van der Waals surface area contributed by atoms with Gasteiger partial charge < -0.3 is 24.0 Å². The van der Waals surface area contributed by atoms with Crippen LogP contribution in [0.5, 0.6) is 5.75 Å². The number of carbonyl (C=O) groups is 2. The minimum Gasteiger partial charge on any atom is -0.550 e. The Morgan fingerprint density at radius 1 is 1.17 bits per heavy atom. The third kappa shape index (κ3) is 3.73. The highest BCUT2D eigenvalue weighted by atomic mass is 16.5. The summed E-state index contributed by atoms with van der Waals surface area (Å²) in [5.74, 6) is -1.22. The molecule has 0 N–H and O–H groups in total. The fourth-order valence-electron chi connectivity index (χ4n) is 4.38. The molecule has 1 aromatic carbocycles. The average molecular weight is 398 g/mol. The Morgan fingerprint density at radius 3 is 2.55 bits per heavy atom. The summed E-state index contributed by atoms with van der Waals surface area (Å²) >= 11 is 0.